The molecule has 0 unspecified atom stereocenters. The third kappa shape index (κ3) is 4.41. The molecule has 0 spiro atoms. The highest BCUT2D eigenvalue weighted by Crippen LogP contribution is 2.29. The highest BCUT2D eigenvalue weighted by Gasteiger charge is 2.32. The van der Waals surface area contributed by atoms with E-state index in [2.05, 4.69) is 27.4 Å². The number of hydrogen-bond acceptors (Lipinski definition) is 8. The summed E-state index contributed by atoms with van der Waals surface area (Å²) in [5, 5.41) is 0. The second kappa shape index (κ2) is 10.4. The van der Waals surface area contributed by atoms with Gasteiger partial charge in [0.2, 0.25) is 11.9 Å². The molecule has 4 aromatic rings. The van der Waals surface area contributed by atoms with Gasteiger partial charge in [0.25, 0.3) is 0 Å². The molecule has 11 nitrogen and oxygen atoms in total. The lowest BCUT2D eigenvalue weighted by atomic mass is 10.1. The van der Waals surface area contributed by atoms with Gasteiger partial charge in [-0.25, -0.2) is 9.97 Å². The number of carbonyl (C=O) groups is 1. The Morgan fingerprint density at radius 3 is 2.52 bits per heavy atom. The van der Waals surface area contributed by atoms with Gasteiger partial charge in [-0.05, 0) is 25.0 Å². The number of aryl methyl sites for hydroxylation is 2. The Labute approximate surface area is 233 Å². The average molecular weight is 544 g/mol. The molecule has 3 fully saturated rings. The number of morpholine rings is 1. The Hall–Kier alpha value is -3.57. The second-order valence-electron chi connectivity index (χ2n) is 11.1. The molecule has 40 heavy (non-hydrogen) atoms. The van der Waals surface area contributed by atoms with Crippen LogP contribution in [0.1, 0.15) is 44.3 Å². The normalized spacial score (nSPS) is 19.5. The first-order chi connectivity index (χ1) is 19.6. The Kier molecular flexibility index (Phi) is 6.63. The van der Waals surface area contributed by atoms with E-state index in [0.29, 0.717) is 38.3 Å². The zero-order valence-electron chi connectivity index (χ0n) is 23.4. The molecule has 0 atom stereocenters. The molecule has 210 valence electrons. The van der Waals surface area contributed by atoms with Gasteiger partial charge in [-0.1, -0.05) is 31.9 Å². The van der Waals surface area contributed by atoms with Crippen molar-refractivity contribution < 1.29 is 9.53 Å². The Balaban J connectivity index is 1.27. The van der Waals surface area contributed by atoms with Crippen LogP contribution in [0.2, 0.25) is 0 Å². The summed E-state index contributed by atoms with van der Waals surface area (Å²) in [6.45, 7) is 7.51. The summed E-state index contributed by atoms with van der Waals surface area (Å²) < 4.78 is 9.74. The number of rotatable bonds is 6. The smallest absolute Gasteiger partial charge is 0.239 e. The Morgan fingerprint density at radius 2 is 1.75 bits per heavy atom. The number of piperazine rings is 1. The summed E-state index contributed by atoms with van der Waals surface area (Å²) in [4.78, 5) is 39.9. The van der Waals surface area contributed by atoms with Crippen molar-refractivity contribution in [1.82, 2.24) is 38.9 Å². The number of benzene rings is 1. The monoisotopic (exact) mass is 543 g/mol. The van der Waals surface area contributed by atoms with Gasteiger partial charge in [0.15, 0.2) is 17.0 Å². The van der Waals surface area contributed by atoms with E-state index < -0.39 is 0 Å². The lowest BCUT2D eigenvalue weighted by Gasteiger charge is -2.37. The molecule has 3 aromatic heterocycles. The molecule has 1 amide bonds. The topological polar surface area (TPSA) is 97.4 Å². The van der Waals surface area contributed by atoms with Crippen molar-refractivity contribution >= 4 is 33.9 Å². The Morgan fingerprint density at radius 1 is 0.950 bits per heavy atom. The van der Waals surface area contributed by atoms with Crippen LogP contribution in [0.15, 0.2) is 24.3 Å². The van der Waals surface area contributed by atoms with Gasteiger partial charge in [0, 0.05) is 45.7 Å². The molecule has 7 rings (SSSR count). The molecular formula is C29H37N9O2. The molecule has 0 bridgehead atoms. The van der Waals surface area contributed by atoms with E-state index in [4.69, 9.17) is 24.7 Å². The summed E-state index contributed by atoms with van der Waals surface area (Å²) in [7, 11) is 2.00. The summed E-state index contributed by atoms with van der Waals surface area (Å²) in [6.07, 6.45) is 5.75. The van der Waals surface area contributed by atoms with Crippen LogP contribution in [0.3, 0.4) is 0 Å². The van der Waals surface area contributed by atoms with Crippen LogP contribution in [-0.2, 0) is 29.5 Å². The number of ether oxygens (including phenoxy) is 1. The number of nitrogens with zero attached hydrogens (tertiary/aromatic N) is 9. The molecule has 11 heteroatoms. The molecule has 2 aliphatic heterocycles. The highest BCUT2D eigenvalue weighted by atomic mass is 16.5. The molecule has 1 aliphatic carbocycles. The van der Waals surface area contributed by atoms with Gasteiger partial charge >= 0.3 is 0 Å². The largest absolute Gasteiger partial charge is 0.378 e. The van der Waals surface area contributed by atoms with Gasteiger partial charge in [-0.3, -0.25) is 14.3 Å². The van der Waals surface area contributed by atoms with E-state index in [1.54, 1.807) is 0 Å². The van der Waals surface area contributed by atoms with Gasteiger partial charge in [0.05, 0.1) is 37.3 Å². The van der Waals surface area contributed by atoms with E-state index in [1.807, 2.05) is 34.7 Å². The molecular weight excluding hydrogens is 506 g/mol. The standard InChI is InChI=1S/C29H37N9O2/c1-3-23-30-21-10-6-7-11-22(21)38(23)29-32-27-26(28(33-29)35-14-16-40-17-15-35)31-24(34(27)2)18-37-13-12-36(19-25(37)39)20-8-4-5-9-20/h6-7,10-11,20H,3-5,8-9,12-19H2,1-2H3. The first-order valence-corrected chi connectivity index (χ1v) is 14.6. The predicted molar refractivity (Wildman–Crippen MR) is 153 cm³/mol. The lowest BCUT2D eigenvalue weighted by Crippen LogP contribution is -2.52. The minimum atomic E-state index is 0.183. The molecule has 2 saturated heterocycles. The summed E-state index contributed by atoms with van der Waals surface area (Å²) >= 11 is 0. The number of fused-ring (bicyclic) bond motifs is 2. The molecule has 0 radical (unpaired) electrons. The third-order valence-corrected chi connectivity index (χ3v) is 8.76. The number of anilines is 1. The first-order valence-electron chi connectivity index (χ1n) is 14.6. The fraction of sp³-hybridized carbons (Fsp3) is 0.552. The molecule has 0 N–H and O–H groups in total. The number of aromatic nitrogens is 6. The predicted octanol–water partition coefficient (Wildman–Crippen LogP) is 2.69. The molecule has 3 aliphatic rings. The number of imidazole rings is 2. The maximum Gasteiger partial charge on any atom is 0.239 e. The van der Waals surface area contributed by atoms with E-state index in [9.17, 15) is 4.79 Å². The van der Waals surface area contributed by atoms with Crippen molar-refractivity contribution in [2.45, 2.75) is 51.6 Å². The lowest BCUT2D eigenvalue weighted by molar-refractivity contribution is -0.137. The van der Waals surface area contributed by atoms with Crippen LogP contribution < -0.4 is 4.90 Å². The number of amides is 1. The minimum Gasteiger partial charge on any atom is -0.378 e. The van der Waals surface area contributed by atoms with Crippen molar-refractivity contribution in [1.29, 1.82) is 0 Å². The number of para-hydroxylation sites is 2. The number of hydrogen-bond donors (Lipinski definition) is 0. The van der Waals surface area contributed by atoms with Crippen molar-refractivity contribution in [2.75, 3.05) is 50.8 Å². The molecule has 1 aromatic carbocycles. The van der Waals surface area contributed by atoms with Gasteiger partial charge in [-0.15, -0.1) is 0 Å². The van der Waals surface area contributed by atoms with Crippen molar-refractivity contribution in [3.63, 3.8) is 0 Å². The summed E-state index contributed by atoms with van der Waals surface area (Å²) in [5.74, 6) is 3.33. The van der Waals surface area contributed by atoms with Crippen LogP contribution in [0.5, 0.6) is 0 Å². The van der Waals surface area contributed by atoms with Gasteiger partial charge < -0.3 is 19.1 Å². The van der Waals surface area contributed by atoms with E-state index in [1.165, 1.54) is 25.7 Å². The van der Waals surface area contributed by atoms with Crippen LogP contribution in [0, 0.1) is 0 Å². The first kappa shape index (κ1) is 25.4. The average Bonchev–Trinajstić information content (AvgIpc) is 3.72. The van der Waals surface area contributed by atoms with Gasteiger partial charge in [0.1, 0.15) is 11.6 Å². The quantitative estimate of drug-likeness (QED) is 0.366. The molecule has 1 saturated carbocycles. The third-order valence-electron chi connectivity index (χ3n) is 8.76. The van der Waals surface area contributed by atoms with Crippen molar-refractivity contribution in [3.05, 3.63) is 35.9 Å². The van der Waals surface area contributed by atoms with Crippen LogP contribution in [0.4, 0.5) is 5.82 Å². The van der Waals surface area contributed by atoms with Crippen molar-refractivity contribution in [2.24, 2.45) is 7.05 Å². The van der Waals surface area contributed by atoms with Crippen LogP contribution in [0.25, 0.3) is 28.1 Å². The Bertz CT molecular complexity index is 1550. The van der Waals surface area contributed by atoms with Crippen LogP contribution >= 0.6 is 0 Å². The SMILES string of the molecule is CCc1nc2ccccc2n1-c1nc(N2CCOCC2)c2nc(CN3CCN(C4CCCC4)CC3=O)n(C)c2n1. The van der Waals surface area contributed by atoms with E-state index in [0.717, 1.165) is 72.3 Å². The molecule has 5 heterocycles. The summed E-state index contributed by atoms with van der Waals surface area (Å²) in [5.41, 5.74) is 3.44. The highest BCUT2D eigenvalue weighted by molar-refractivity contribution is 5.86. The summed E-state index contributed by atoms with van der Waals surface area (Å²) in [6, 6.07) is 8.68. The van der Waals surface area contributed by atoms with E-state index >= 15 is 0 Å². The maximum atomic E-state index is 13.2. The van der Waals surface area contributed by atoms with Crippen molar-refractivity contribution in [3.8, 4) is 5.95 Å². The van der Waals surface area contributed by atoms with Crippen LogP contribution in [-0.4, -0.2) is 96.8 Å². The zero-order chi connectivity index (χ0) is 27.2. The number of carbonyl (C=O) groups excluding carboxylic acids is 1. The second-order valence-corrected chi connectivity index (χ2v) is 11.1. The fourth-order valence-corrected chi connectivity index (χ4v) is 6.50. The van der Waals surface area contributed by atoms with Gasteiger partial charge in [-0.2, -0.15) is 9.97 Å². The van der Waals surface area contributed by atoms with E-state index in [-0.39, 0.29) is 5.91 Å². The fourth-order valence-electron chi connectivity index (χ4n) is 6.50. The zero-order valence-corrected chi connectivity index (χ0v) is 23.4. The minimum absolute atomic E-state index is 0.183. The maximum absolute atomic E-state index is 13.2.